The van der Waals surface area contributed by atoms with Crippen LogP contribution in [-0.2, 0) is 19.1 Å². The second-order valence-corrected chi connectivity index (χ2v) is 8.41. The SMILES string of the molecule is O=C(CCC(=O)N1CCOCC1)OCCCCCCSc1ccc([N+](=O)[O-])c2nonc12. The Balaban J connectivity index is 1.24. The zero-order valence-corrected chi connectivity index (χ0v) is 18.5. The fourth-order valence-corrected chi connectivity index (χ4v) is 4.28. The van der Waals surface area contributed by atoms with E-state index in [9.17, 15) is 19.7 Å². The van der Waals surface area contributed by atoms with E-state index in [-0.39, 0.29) is 35.9 Å². The smallest absolute Gasteiger partial charge is 0.306 e. The van der Waals surface area contributed by atoms with Gasteiger partial charge in [-0.15, -0.1) is 11.8 Å². The highest BCUT2D eigenvalue weighted by molar-refractivity contribution is 7.99. The Morgan fingerprint density at radius 2 is 1.84 bits per heavy atom. The highest BCUT2D eigenvalue weighted by Crippen LogP contribution is 2.32. The van der Waals surface area contributed by atoms with Gasteiger partial charge in [-0.2, -0.15) is 0 Å². The van der Waals surface area contributed by atoms with Crippen LogP contribution in [0.1, 0.15) is 38.5 Å². The number of morpholine rings is 1. The van der Waals surface area contributed by atoms with Crippen LogP contribution in [0.3, 0.4) is 0 Å². The number of ether oxygens (including phenoxy) is 2. The van der Waals surface area contributed by atoms with Crippen molar-refractivity contribution in [3.8, 4) is 0 Å². The molecule has 0 aliphatic carbocycles. The molecule has 2 aromatic rings. The number of nitro groups is 1. The summed E-state index contributed by atoms with van der Waals surface area (Å²) in [5, 5.41) is 18.4. The molecule has 1 fully saturated rings. The summed E-state index contributed by atoms with van der Waals surface area (Å²) >= 11 is 1.55. The van der Waals surface area contributed by atoms with E-state index in [1.165, 1.54) is 6.07 Å². The number of aromatic nitrogens is 2. The summed E-state index contributed by atoms with van der Waals surface area (Å²) in [6, 6.07) is 3.08. The van der Waals surface area contributed by atoms with Crippen LogP contribution in [-0.4, -0.2) is 70.7 Å². The number of nitro benzene ring substituents is 1. The van der Waals surface area contributed by atoms with Crippen LogP contribution in [0.4, 0.5) is 5.69 Å². The molecule has 1 aliphatic heterocycles. The summed E-state index contributed by atoms with van der Waals surface area (Å²) in [5.74, 6) is 0.448. The quantitative estimate of drug-likeness (QED) is 0.151. The van der Waals surface area contributed by atoms with Crippen LogP contribution in [0.15, 0.2) is 21.7 Å². The molecule has 0 radical (unpaired) electrons. The fraction of sp³-hybridized carbons (Fsp3) is 0.600. The van der Waals surface area contributed by atoms with Gasteiger partial charge in [0.05, 0.1) is 31.2 Å². The third-order valence-electron chi connectivity index (χ3n) is 5.02. The lowest BCUT2D eigenvalue weighted by Crippen LogP contribution is -2.40. The van der Waals surface area contributed by atoms with E-state index in [0.717, 1.165) is 36.3 Å². The molecule has 2 heterocycles. The molecule has 0 unspecified atom stereocenters. The first-order valence-corrected chi connectivity index (χ1v) is 11.6. The van der Waals surface area contributed by atoms with E-state index >= 15 is 0 Å². The Morgan fingerprint density at radius 3 is 2.62 bits per heavy atom. The molecule has 32 heavy (non-hydrogen) atoms. The van der Waals surface area contributed by atoms with Gasteiger partial charge in [0.25, 0.3) is 0 Å². The third-order valence-corrected chi connectivity index (χ3v) is 6.15. The van der Waals surface area contributed by atoms with Gasteiger partial charge >= 0.3 is 11.7 Å². The van der Waals surface area contributed by atoms with Crippen molar-refractivity contribution in [1.29, 1.82) is 0 Å². The average Bonchev–Trinajstić information content (AvgIpc) is 3.29. The normalized spacial score (nSPS) is 13.9. The molecule has 1 aromatic heterocycles. The molecule has 1 amide bonds. The fourth-order valence-electron chi connectivity index (χ4n) is 3.27. The Bertz CT molecular complexity index is 930. The predicted molar refractivity (Wildman–Crippen MR) is 115 cm³/mol. The number of thioether (sulfide) groups is 1. The van der Waals surface area contributed by atoms with Crippen molar-refractivity contribution in [2.45, 2.75) is 43.4 Å². The van der Waals surface area contributed by atoms with Gasteiger partial charge in [0.15, 0.2) is 5.52 Å². The van der Waals surface area contributed by atoms with Gasteiger partial charge in [-0.05, 0) is 35.0 Å². The van der Waals surface area contributed by atoms with Crippen molar-refractivity contribution in [3.63, 3.8) is 0 Å². The number of benzene rings is 1. The van der Waals surface area contributed by atoms with Gasteiger partial charge < -0.3 is 14.4 Å². The summed E-state index contributed by atoms with van der Waals surface area (Å²) in [5.41, 5.74) is 0.447. The number of carbonyl (C=O) groups excluding carboxylic acids is 2. The number of amides is 1. The lowest BCUT2D eigenvalue weighted by Gasteiger charge is -2.26. The number of hydrogen-bond acceptors (Lipinski definition) is 10. The molecule has 0 spiro atoms. The molecule has 1 aliphatic rings. The van der Waals surface area contributed by atoms with Crippen molar-refractivity contribution in [2.24, 2.45) is 0 Å². The van der Waals surface area contributed by atoms with Crippen LogP contribution in [0.25, 0.3) is 11.0 Å². The average molecular weight is 467 g/mol. The summed E-state index contributed by atoms with van der Waals surface area (Å²) in [4.78, 5) is 36.8. The Labute approximate surface area is 188 Å². The van der Waals surface area contributed by atoms with Crippen LogP contribution in [0.2, 0.25) is 0 Å². The maximum Gasteiger partial charge on any atom is 0.306 e. The molecule has 0 N–H and O–H groups in total. The van der Waals surface area contributed by atoms with Crippen LogP contribution >= 0.6 is 11.8 Å². The van der Waals surface area contributed by atoms with Crippen molar-refractivity contribution >= 4 is 40.4 Å². The Hall–Kier alpha value is -2.73. The van der Waals surface area contributed by atoms with Crippen molar-refractivity contribution in [2.75, 3.05) is 38.7 Å². The molecule has 0 atom stereocenters. The maximum absolute atomic E-state index is 12.0. The summed E-state index contributed by atoms with van der Waals surface area (Å²) in [6.07, 6.45) is 3.87. The van der Waals surface area contributed by atoms with Crippen LogP contribution < -0.4 is 0 Å². The topological polar surface area (TPSA) is 138 Å². The van der Waals surface area contributed by atoms with Crippen molar-refractivity contribution < 1.29 is 28.6 Å². The van der Waals surface area contributed by atoms with E-state index in [0.29, 0.717) is 38.4 Å². The number of unbranched alkanes of at least 4 members (excludes halogenated alkanes) is 3. The van der Waals surface area contributed by atoms with E-state index in [1.807, 2.05) is 0 Å². The highest BCUT2D eigenvalue weighted by Gasteiger charge is 2.20. The number of hydrogen-bond donors (Lipinski definition) is 0. The number of carbonyl (C=O) groups is 2. The molecular formula is C20H26N4O7S. The minimum absolute atomic E-state index is 0.0329. The second-order valence-electron chi connectivity index (χ2n) is 7.28. The van der Waals surface area contributed by atoms with Crippen LogP contribution in [0, 0.1) is 10.1 Å². The lowest BCUT2D eigenvalue weighted by atomic mass is 10.2. The Kier molecular flexibility index (Phi) is 9.23. The van der Waals surface area contributed by atoms with Crippen molar-refractivity contribution in [1.82, 2.24) is 15.2 Å². The third kappa shape index (κ3) is 6.89. The first-order valence-electron chi connectivity index (χ1n) is 10.6. The molecule has 11 nitrogen and oxygen atoms in total. The highest BCUT2D eigenvalue weighted by atomic mass is 32.2. The standard InChI is InChI=1S/C20H26N4O7S/c25-17(23-9-12-29-13-10-23)7-8-18(26)30-11-3-1-2-4-14-32-16-6-5-15(24(27)28)19-20(16)22-31-21-19/h5-6H,1-4,7-14H2. The number of rotatable bonds is 12. The number of non-ortho nitro benzene ring substituents is 1. The van der Waals surface area contributed by atoms with E-state index < -0.39 is 4.92 Å². The van der Waals surface area contributed by atoms with Crippen molar-refractivity contribution in [3.05, 3.63) is 22.2 Å². The van der Waals surface area contributed by atoms with E-state index in [2.05, 4.69) is 14.9 Å². The molecule has 0 bridgehead atoms. The number of nitrogens with zero attached hydrogens (tertiary/aromatic N) is 4. The van der Waals surface area contributed by atoms with Gasteiger partial charge in [0.1, 0.15) is 0 Å². The zero-order chi connectivity index (χ0) is 22.8. The maximum atomic E-state index is 12.0. The molecule has 1 aromatic carbocycles. The molecule has 174 valence electrons. The van der Waals surface area contributed by atoms with Gasteiger partial charge in [-0.25, -0.2) is 4.63 Å². The molecule has 0 saturated carbocycles. The van der Waals surface area contributed by atoms with E-state index in [4.69, 9.17) is 9.47 Å². The Morgan fingerprint density at radius 1 is 1.09 bits per heavy atom. The molecular weight excluding hydrogens is 440 g/mol. The minimum atomic E-state index is -0.504. The number of esters is 1. The zero-order valence-electron chi connectivity index (χ0n) is 17.7. The molecule has 12 heteroatoms. The number of fused-ring (bicyclic) bond motifs is 1. The second kappa shape index (κ2) is 12.3. The lowest BCUT2D eigenvalue weighted by molar-refractivity contribution is -0.383. The molecule has 3 rings (SSSR count). The van der Waals surface area contributed by atoms with Crippen LogP contribution in [0.5, 0.6) is 0 Å². The van der Waals surface area contributed by atoms with Gasteiger partial charge in [0, 0.05) is 30.5 Å². The first-order chi connectivity index (χ1) is 15.6. The predicted octanol–water partition coefficient (Wildman–Crippen LogP) is 2.97. The van der Waals surface area contributed by atoms with Gasteiger partial charge in [-0.3, -0.25) is 19.7 Å². The molecule has 1 saturated heterocycles. The first kappa shape index (κ1) is 23.9. The summed E-state index contributed by atoms with van der Waals surface area (Å²) < 4.78 is 15.1. The summed E-state index contributed by atoms with van der Waals surface area (Å²) in [6.45, 7) is 2.60. The van der Waals surface area contributed by atoms with Gasteiger partial charge in [-0.1, -0.05) is 12.8 Å². The largest absolute Gasteiger partial charge is 0.466 e. The minimum Gasteiger partial charge on any atom is -0.466 e. The summed E-state index contributed by atoms with van der Waals surface area (Å²) in [7, 11) is 0. The van der Waals surface area contributed by atoms with Gasteiger partial charge in [0.2, 0.25) is 11.4 Å². The van der Waals surface area contributed by atoms with E-state index in [1.54, 1.807) is 22.7 Å². The monoisotopic (exact) mass is 466 g/mol.